The van der Waals surface area contributed by atoms with E-state index in [0.29, 0.717) is 0 Å². The van der Waals surface area contributed by atoms with E-state index in [4.69, 9.17) is 9.94 Å². The van der Waals surface area contributed by atoms with Crippen molar-refractivity contribution in [3.05, 3.63) is 0 Å². The van der Waals surface area contributed by atoms with Crippen molar-refractivity contribution in [2.24, 2.45) is 10.4 Å². The molecule has 9 heavy (non-hydrogen) atoms. The third-order valence-electron chi connectivity index (χ3n) is 0.750. The van der Waals surface area contributed by atoms with Gasteiger partial charge in [-0.25, -0.2) is 0 Å². The van der Waals surface area contributed by atoms with E-state index in [1.165, 1.54) is 7.05 Å². The molecule has 54 valence electrons. The van der Waals surface area contributed by atoms with Crippen LogP contribution in [-0.4, -0.2) is 24.4 Å². The van der Waals surface area contributed by atoms with Crippen LogP contribution < -0.4 is 0 Å². The van der Waals surface area contributed by atoms with Crippen molar-refractivity contribution in [1.82, 2.24) is 0 Å². The van der Waals surface area contributed by atoms with E-state index in [2.05, 4.69) is 10.4 Å². The Hall–Kier alpha value is -0.640. The van der Waals surface area contributed by atoms with Gasteiger partial charge in [0.05, 0.1) is 13.7 Å². The summed E-state index contributed by atoms with van der Waals surface area (Å²) in [5, 5.41) is 15.2. The molecule has 0 aromatic carbocycles. The predicted molar refractivity (Wildman–Crippen MR) is 33.0 cm³/mol. The summed E-state index contributed by atoms with van der Waals surface area (Å²) < 4.78 is 0. The smallest absolute Gasteiger partial charge is 0.156 e. The maximum atomic E-state index is 8.59. The highest BCUT2D eigenvalue weighted by Gasteiger charge is 2.17. The van der Waals surface area contributed by atoms with Gasteiger partial charge < -0.3 is 9.94 Å². The Morgan fingerprint density at radius 2 is 2.11 bits per heavy atom. The van der Waals surface area contributed by atoms with Crippen molar-refractivity contribution in [3.8, 4) is 0 Å². The van der Waals surface area contributed by atoms with Gasteiger partial charge in [0.25, 0.3) is 0 Å². The van der Waals surface area contributed by atoms with Crippen LogP contribution >= 0.6 is 0 Å². The lowest BCUT2D eigenvalue weighted by Crippen LogP contribution is -2.26. The number of hydrogen-bond acceptors (Lipinski definition) is 4. The second-order valence-electron chi connectivity index (χ2n) is 2.29. The minimum atomic E-state index is -0.612. The molecular weight excluding hydrogens is 120 g/mol. The summed E-state index contributed by atoms with van der Waals surface area (Å²) in [4.78, 5) is 4.74. The number of aliphatic hydroxyl groups is 1. The fraction of sp³-hybridized carbons (Fsp3) is 1.00. The number of rotatable bonds is 3. The van der Waals surface area contributed by atoms with Crippen LogP contribution in [0.4, 0.5) is 0 Å². The zero-order valence-corrected chi connectivity index (χ0v) is 5.96. The predicted octanol–water partition coefficient (Wildman–Crippen LogP) is 0.771. The van der Waals surface area contributed by atoms with Gasteiger partial charge in [0.15, 0.2) is 5.60 Å². The summed E-state index contributed by atoms with van der Waals surface area (Å²) in [7, 11) is 1.51. The zero-order chi connectivity index (χ0) is 7.33. The van der Waals surface area contributed by atoms with Gasteiger partial charge in [-0.2, -0.15) is 5.11 Å². The molecule has 0 amide bonds. The zero-order valence-electron chi connectivity index (χ0n) is 5.96. The van der Waals surface area contributed by atoms with Crippen LogP contribution in [-0.2, 0) is 4.84 Å². The molecule has 0 aliphatic heterocycles. The molecule has 0 aliphatic carbocycles. The Labute approximate surface area is 54.5 Å². The van der Waals surface area contributed by atoms with Crippen molar-refractivity contribution in [1.29, 1.82) is 0 Å². The summed E-state index contributed by atoms with van der Waals surface area (Å²) in [6, 6.07) is 0. The molecule has 4 heteroatoms. The normalized spacial score (nSPS) is 12.4. The van der Waals surface area contributed by atoms with E-state index < -0.39 is 5.60 Å². The van der Waals surface area contributed by atoms with E-state index in [1.54, 1.807) is 13.8 Å². The van der Waals surface area contributed by atoms with E-state index in [9.17, 15) is 0 Å². The van der Waals surface area contributed by atoms with Gasteiger partial charge >= 0.3 is 0 Å². The number of nitrogens with zero attached hydrogens (tertiary/aromatic N) is 2. The van der Waals surface area contributed by atoms with Gasteiger partial charge in [-0.15, -0.1) is 0 Å². The van der Waals surface area contributed by atoms with Crippen molar-refractivity contribution < 1.29 is 9.94 Å². The summed E-state index contributed by atoms with van der Waals surface area (Å²) in [6.07, 6.45) is 0. The molecule has 0 aliphatic rings. The highest BCUT2D eigenvalue weighted by Crippen LogP contribution is 2.06. The van der Waals surface area contributed by atoms with Gasteiger partial charge in [0, 0.05) is 5.28 Å². The fourth-order valence-electron chi connectivity index (χ4n) is 0.180. The Morgan fingerprint density at radius 3 is 2.44 bits per heavy atom. The van der Waals surface area contributed by atoms with Gasteiger partial charge in [0.1, 0.15) is 0 Å². The minimum Gasteiger partial charge on any atom is -0.392 e. The summed E-state index contributed by atoms with van der Waals surface area (Å²) in [5.41, 5.74) is -0.612. The molecule has 0 heterocycles. The van der Waals surface area contributed by atoms with Gasteiger partial charge in [-0.3, -0.25) is 0 Å². The summed E-state index contributed by atoms with van der Waals surface area (Å²) in [6.45, 7) is 3.38. The van der Waals surface area contributed by atoms with Crippen LogP contribution in [0.1, 0.15) is 13.8 Å². The molecule has 1 N–H and O–H groups in total. The molecule has 0 radical (unpaired) electrons. The van der Waals surface area contributed by atoms with Crippen molar-refractivity contribution in [3.63, 3.8) is 0 Å². The van der Waals surface area contributed by atoms with Gasteiger partial charge in [-0.1, -0.05) is 0 Å². The van der Waals surface area contributed by atoms with Crippen LogP contribution in [0.25, 0.3) is 0 Å². The lowest BCUT2D eigenvalue weighted by molar-refractivity contribution is -0.0613. The largest absolute Gasteiger partial charge is 0.392 e. The first-order valence-corrected chi connectivity index (χ1v) is 2.70. The lowest BCUT2D eigenvalue weighted by atomic mass is 10.2. The first-order valence-electron chi connectivity index (χ1n) is 2.70. The maximum absolute atomic E-state index is 8.59. The molecule has 0 atom stereocenters. The monoisotopic (exact) mass is 132 g/mol. The molecule has 0 bridgehead atoms. The lowest BCUT2D eigenvalue weighted by Gasteiger charge is -2.16. The standard InChI is InChI=1S/C5H12N2O2/c1-5(2,4-8)9-7-6-3/h8H,4H2,1-3H3. The number of hydrogen-bond donors (Lipinski definition) is 1. The van der Waals surface area contributed by atoms with E-state index >= 15 is 0 Å². The molecule has 0 saturated heterocycles. The third kappa shape index (κ3) is 3.90. The Balaban J connectivity index is 3.58. The fourth-order valence-corrected chi connectivity index (χ4v) is 0.180. The molecule has 0 spiro atoms. The quantitative estimate of drug-likeness (QED) is 0.455. The second-order valence-corrected chi connectivity index (χ2v) is 2.29. The maximum Gasteiger partial charge on any atom is 0.156 e. The molecule has 0 aromatic rings. The summed E-state index contributed by atoms with van der Waals surface area (Å²) in [5.74, 6) is 0. The molecule has 0 fully saturated rings. The van der Waals surface area contributed by atoms with E-state index in [-0.39, 0.29) is 6.61 Å². The number of aliphatic hydroxyl groups excluding tert-OH is 1. The third-order valence-corrected chi connectivity index (χ3v) is 0.750. The Kier molecular flexibility index (Phi) is 3.16. The van der Waals surface area contributed by atoms with Crippen LogP contribution in [0, 0.1) is 0 Å². The average molecular weight is 132 g/mol. The second kappa shape index (κ2) is 3.40. The highest BCUT2D eigenvalue weighted by molar-refractivity contribution is 4.63. The topological polar surface area (TPSA) is 54.2 Å². The Morgan fingerprint density at radius 1 is 1.56 bits per heavy atom. The van der Waals surface area contributed by atoms with Crippen molar-refractivity contribution in [2.75, 3.05) is 13.7 Å². The van der Waals surface area contributed by atoms with Crippen molar-refractivity contribution >= 4 is 0 Å². The van der Waals surface area contributed by atoms with Gasteiger partial charge in [-0.05, 0) is 13.8 Å². The van der Waals surface area contributed by atoms with Gasteiger partial charge in [0.2, 0.25) is 0 Å². The van der Waals surface area contributed by atoms with Crippen LogP contribution in [0.3, 0.4) is 0 Å². The van der Waals surface area contributed by atoms with Crippen LogP contribution in [0.5, 0.6) is 0 Å². The highest BCUT2D eigenvalue weighted by atomic mass is 16.7. The SMILES string of the molecule is CN=NOC(C)(C)CO. The molecule has 4 nitrogen and oxygen atoms in total. The first-order chi connectivity index (χ1) is 4.12. The van der Waals surface area contributed by atoms with E-state index in [0.717, 1.165) is 0 Å². The van der Waals surface area contributed by atoms with Crippen molar-refractivity contribution in [2.45, 2.75) is 19.4 Å². The van der Waals surface area contributed by atoms with E-state index in [1.807, 2.05) is 0 Å². The Bertz CT molecular complexity index is 101. The average Bonchev–Trinajstić information content (AvgIpc) is 1.84. The molecule has 0 unspecified atom stereocenters. The first kappa shape index (κ1) is 8.36. The molecule has 0 aromatic heterocycles. The van der Waals surface area contributed by atoms with Crippen LogP contribution in [0.15, 0.2) is 10.4 Å². The minimum absolute atomic E-state index is 0.0635. The molecule has 0 saturated carbocycles. The summed E-state index contributed by atoms with van der Waals surface area (Å²) >= 11 is 0. The molecular formula is C5H12N2O2. The van der Waals surface area contributed by atoms with Crippen LogP contribution in [0.2, 0.25) is 0 Å². The molecule has 0 rings (SSSR count).